The van der Waals surface area contributed by atoms with Crippen molar-refractivity contribution in [3.8, 4) is 0 Å². The zero-order valence-corrected chi connectivity index (χ0v) is 49.3. The van der Waals surface area contributed by atoms with Gasteiger partial charge < -0.3 is 14.2 Å². The van der Waals surface area contributed by atoms with Crippen molar-refractivity contribution in [2.75, 3.05) is 13.2 Å². The van der Waals surface area contributed by atoms with Crippen molar-refractivity contribution in [2.24, 2.45) is 0 Å². The summed E-state index contributed by atoms with van der Waals surface area (Å²) < 4.78 is 16.8. The van der Waals surface area contributed by atoms with Gasteiger partial charge in [-0.1, -0.05) is 279 Å². The molecule has 0 bridgehead atoms. The average Bonchev–Trinajstić information content (AvgIpc) is 3.41. The van der Waals surface area contributed by atoms with Gasteiger partial charge in [-0.2, -0.15) is 0 Å². The summed E-state index contributed by atoms with van der Waals surface area (Å²) in [6.45, 7) is 6.43. The van der Waals surface area contributed by atoms with Gasteiger partial charge in [0.25, 0.3) is 0 Å². The van der Waals surface area contributed by atoms with Gasteiger partial charge in [-0.05, 0) is 103 Å². The Labute approximate surface area is 464 Å². The molecule has 0 aliphatic rings. The van der Waals surface area contributed by atoms with Crippen molar-refractivity contribution in [3.63, 3.8) is 0 Å². The van der Waals surface area contributed by atoms with E-state index in [2.05, 4.69) is 106 Å². The van der Waals surface area contributed by atoms with Crippen LogP contribution < -0.4 is 0 Å². The van der Waals surface area contributed by atoms with E-state index >= 15 is 0 Å². The van der Waals surface area contributed by atoms with E-state index in [0.717, 1.165) is 89.9 Å². The highest BCUT2D eigenvalue weighted by atomic mass is 16.6. The zero-order chi connectivity index (χ0) is 54.3. The molecular weight excluding hydrogens is 925 g/mol. The van der Waals surface area contributed by atoms with Gasteiger partial charge >= 0.3 is 17.9 Å². The van der Waals surface area contributed by atoms with Crippen molar-refractivity contribution >= 4 is 17.9 Å². The highest BCUT2D eigenvalue weighted by Gasteiger charge is 2.19. The van der Waals surface area contributed by atoms with Gasteiger partial charge in [-0.15, -0.1) is 0 Å². The van der Waals surface area contributed by atoms with Crippen LogP contribution in [0.2, 0.25) is 0 Å². The largest absolute Gasteiger partial charge is 0.462 e. The summed E-state index contributed by atoms with van der Waals surface area (Å²) in [7, 11) is 0. The van der Waals surface area contributed by atoms with Crippen LogP contribution >= 0.6 is 0 Å². The number of carbonyl (C=O) groups is 3. The number of ether oxygens (including phenoxy) is 3. The van der Waals surface area contributed by atoms with Gasteiger partial charge in [-0.25, -0.2) is 0 Å². The van der Waals surface area contributed by atoms with Gasteiger partial charge in [-0.3, -0.25) is 14.4 Å². The SMILES string of the molecule is CC/C=C\C/C=C\C/C=C\C/C=C\C/C=C\CC(=O)OC(COC(=O)CCCCCCC/C=C\CCCCCC)COC(=O)CCCCCCCCCCCCCCCCCCC/C=C\C/C=C\CCCCCCC. The first-order chi connectivity index (χ1) is 37.0. The molecule has 0 N–H and O–H groups in total. The smallest absolute Gasteiger partial charge is 0.310 e. The van der Waals surface area contributed by atoms with Crippen LogP contribution in [0.25, 0.3) is 0 Å². The number of hydrogen-bond donors (Lipinski definition) is 0. The Morgan fingerprint density at radius 1 is 0.293 bits per heavy atom. The monoisotopic (exact) mass is 1040 g/mol. The molecule has 0 aliphatic heterocycles. The molecule has 6 nitrogen and oxygen atoms in total. The minimum absolute atomic E-state index is 0.0951. The van der Waals surface area contributed by atoms with Crippen LogP contribution in [0.1, 0.15) is 303 Å². The summed E-state index contributed by atoms with van der Waals surface area (Å²) >= 11 is 0. The maximum absolute atomic E-state index is 12.8. The first-order valence-corrected chi connectivity index (χ1v) is 31.7. The number of allylic oxidation sites excluding steroid dienone is 15. The van der Waals surface area contributed by atoms with Gasteiger partial charge in [0.2, 0.25) is 0 Å². The Balaban J connectivity index is 4.27. The van der Waals surface area contributed by atoms with Crippen molar-refractivity contribution < 1.29 is 28.6 Å². The third-order valence-electron chi connectivity index (χ3n) is 13.6. The van der Waals surface area contributed by atoms with Crippen molar-refractivity contribution in [2.45, 2.75) is 309 Å². The molecule has 0 spiro atoms. The highest BCUT2D eigenvalue weighted by Crippen LogP contribution is 2.16. The summed E-state index contributed by atoms with van der Waals surface area (Å²) in [5.74, 6) is -1.05. The molecule has 0 fully saturated rings. The molecule has 430 valence electrons. The van der Waals surface area contributed by atoms with E-state index in [0.29, 0.717) is 12.8 Å². The topological polar surface area (TPSA) is 78.9 Å². The molecule has 0 amide bonds. The van der Waals surface area contributed by atoms with Gasteiger partial charge in [0, 0.05) is 12.8 Å². The number of esters is 3. The molecule has 0 saturated heterocycles. The Kier molecular flexibility index (Phi) is 59.8. The summed E-state index contributed by atoms with van der Waals surface area (Å²) in [6, 6.07) is 0. The number of rotatable bonds is 57. The molecule has 75 heavy (non-hydrogen) atoms. The summed E-state index contributed by atoms with van der Waals surface area (Å²) in [4.78, 5) is 38.1. The molecular formula is C69H118O6. The fourth-order valence-corrected chi connectivity index (χ4v) is 8.84. The number of carbonyl (C=O) groups excluding carboxylic acids is 3. The van der Waals surface area contributed by atoms with E-state index < -0.39 is 12.1 Å². The molecule has 6 heteroatoms. The fraction of sp³-hybridized carbons (Fsp3) is 0.725. The number of hydrogen-bond acceptors (Lipinski definition) is 6. The van der Waals surface area contributed by atoms with Crippen LogP contribution in [0.4, 0.5) is 0 Å². The van der Waals surface area contributed by atoms with Crippen LogP contribution in [0, 0.1) is 0 Å². The highest BCUT2D eigenvalue weighted by molar-refractivity contribution is 5.72. The predicted octanol–water partition coefficient (Wildman–Crippen LogP) is 21.7. The van der Waals surface area contributed by atoms with E-state index in [1.165, 1.54) is 173 Å². The number of unbranched alkanes of at least 4 members (excludes halogenated alkanes) is 31. The molecule has 0 aromatic heterocycles. The van der Waals surface area contributed by atoms with E-state index in [-0.39, 0.29) is 31.6 Å². The maximum atomic E-state index is 12.8. The third kappa shape index (κ3) is 61.1. The second-order valence-corrected chi connectivity index (χ2v) is 20.9. The van der Waals surface area contributed by atoms with E-state index in [9.17, 15) is 14.4 Å². The maximum Gasteiger partial charge on any atom is 0.310 e. The second-order valence-electron chi connectivity index (χ2n) is 20.9. The lowest BCUT2D eigenvalue weighted by Crippen LogP contribution is -2.30. The second kappa shape index (κ2) is 62.9. The van der Waals surface area contributed by atoms with E-state index in [1.54, 1.807) is 6.08 Å². The van der Waals surface area contributed by atoms with Crippen molar-refractivity contribution in [3.05, 3.63) is 97.2 Å². The minimum atomic E-state index is -0.835. The first kappa shape index (κ1) is 71.3. The van der Waals surface area contributed by atoms with E-state index in [1.807, 2.05) is 6.08 Å². The van der Waals surface area contributed by atoms with Gasteiger partial charge in [0.1, 0.15) is 13.2 Å². The standard InChI is InChI=1S/C69H118O6/c1-4-7-10-13-16-19-22-25-27-28-29-30-31-32-33-34-35-36-37-38-39-40-42-44-47-50-53-56-59-62-68(71)74-65-66(64-73-67(70)61-58-55-52-49-46-43-24-21-18-15-12-9-6-3)75-69(72)63-60-57-54-51-48-45-41-26-23-20-17-14-11-8-5-2/h8,11,17,20-22,24-26,28-29,41,48,51,57,60,66H,4-7,9-10,12-16,18-19,23,27,30-40,42-47,49-50,52-56,58-59,61-65H2,1-3H3/b11-8-,20-17-,24-21-,25-22-,29-28-,41-26-,51-48-,60-57-. The Morgan fingerprint density at radius 2 is 0.560 bits per heavy atom. The Morgan fingerprint density at radius 3 is 0.907 bits per heavy atom. The molecule has 0 rings (SSSR count). The lowest BCUT2D eigenvalue weighted by atomic mass is 10.0. The molecule has 0 heterocycles. The third-order valence-corrected chi connectivity index (χ3v) is 13.6. The predicted molar refractivity (Wildman–Crippen MR) is 325 cm³/mol. The lowest BCUT2D eigenvalue weighted by molar-refractivity contribution is -0.166. The molecule has 1 atom stereocenters. The molecule has 0 aromatic carbocycles. The summed E-state index contributed by atoms with van der Waals surface area (Å²) in [5.41, 5.74) is 0. The van der Waals surface area contributed by atoms with Gasteiger partial charge in [0.05, 0.1) is 6.42 Å². The van der Waals surface area contributed by atoms with Crippen LogP contribution in [0.15, 0.2) is 97.2 Å². The normalized spacial score (nSPS) is 12.7. The van der Waals surface area contributed by atoms with Crippen LogP contribution in [0.5, 0.6) is 0 Å². The average molecular weight is 1040 g/mol. The molecule has 1 unspecified atom stereocenters. The molecule has 0 aliphatic carbocycles. The summed E-state index contributed by atoms with van der Waals surface area (Å²) in [5, 5.41) is 0. The lowest BCUT2D eigenvalue weighted by Gasteiger charge is -2.18. The van der Waals surface area contributed by atoms with Crippen LogP contribution in [0.3, 0.4) is 0 Å². The van der Waals surface area contributed by atoms with Gasteiger partial charge in [0.15, 0.2) is 6.10 Å². The molecule has 0 saturated carbocycles. The molecule has 0 aromatic rings. The zero-order valence-electron chi connectivity index (χ0n) is 49.3. The first-order valence-electron chi connectivity index (χ1n) is 31.7. The van der Waals surface area contributed by atoms with Crippen molar-refractivity contribution in [1.29, 1.82) is 0 Å². The Bertz CT molecular complexity index is 1480. The minimum Gasteiger partial charge on any atom is -0.462 e. The van der Waals surface area contributed by atoms with Crippen LogP contribution in [-0.2, 0) is 28.6 Å². The van der Waals surface area contributed by atoms with Crippen molar-refractivity contribution in [1.82, 2.24) is 0 Å². The Hall–Kier alpha value is -3.67. The van der Waals surface area contributed by atoms with Crippen LogP contribution in [-0.4, -0.2) is 37.2 Å². The molecule has 0 radical (unpaired) electrons. The fourth-order valence-electron chi connectivity index (χ4n) is 8.84. The quantitative estimate of drug-likeness (QED) is 0.0261. The summed E-state index contributed by atoms with van der Waals surface area (Å²) in [6.07, 6.45) is 84.6. The van der Waals surface area contributed by atoms with E-state index in [4.69, 9.17) is 14.2 Å².